The first-order chi connectivity index (χ1) is 30.8. The highest BCUT2D eigenvalue weighted by Gasteiger charge is 2.51. The monoisotopic (exact) mass is 896 g/mol. The molecular formula is C52H40BCl3N6O2. The molecule has 8 aromatic rings. The van der Waals surface area contributed by atoms with Crippen LogP contribution in [-0.2, 0) is 9.31 Å². The minimum absolute atomic E-state index is 0.163. The number of nitrogens with zero attached hydrogens (tertiary/aromatic N) is 6. The highest BCUT2D eigenvalue weighted by atomic mass is 35.5. The van der Waals surface area contributed by atoms with Crippen molar-refractivity contribution in [2.75, 3.05) is 0 Å². The van der Waals surface area contributed by atoms with Crippen LogP contribution in [0.5, 0.6) is 0 Å². The minimum atomic E-state index is -0.335. The minimum Gasteiger partial charge on any atom is -0.399 e. The molecule has 1 saturated heterocycles. The predicted molar refractivity (Wildman–Crippen MR) is 261 cm³/mol. The summed E-state index contributed by atoms with van der Waals surface area (Å²) in [5.74, 6) is 0. The van der Waals surface area contributed by atoms with Gasteiger partial charge in [0.1, 0.15) is 5.15 Å². The van der Waals surface area contributed by atoms with Gasteiger partial charge in [0.2, 0.25) is 10.6 Å². The summed E-state index contributed by atoms with van der Waals surface area (Å²) in [7, 11) is -0.335. The van der Waals surface area contributed by atoms with Crippen LogP contribution in [0, 0.1) is 13.1 Å². The first kappa shape index (κ1) is 45.3. The van der Waals surface area contributed by atoms with Crippen molar-refractivity contribution in [3.05, 3.63) is 208 Å². The Kier molecular flexibility index (Phi) is 14.3. The normalized spacial score (nSPS) is 13.3. The molecule has 0 atom stereocenters. The number of hydrogen-bond acceptors (Lipinski definition) is 6. The second-order valence-electron chi connectivity index (χ2n) is 15.6. The second kappa shape index (κ2) is 20.2. The lowest BCUT2D eigenvalue weighted by Gasteiger charge is -2.32. The first-order valence-electron chi connectivity index (χ1n) is 20.2. The van der Waals surface area contributed by atoms with Crippen molar-refractivity contribution in [1.29, 1.82) is 0 Å². The fourth-order valence-corrected chi connectivity index (χ4v) is 7.16. The van der Waals surface area contributed by atoms with E-state index in [1.807, 2.05) is 152 Å². The maximum Gasteiger partial charge on any atom is 0.494 e. The van der Waals surface area contributed by atoms with Crippen molar-refractivity contribution in [3.8, 4) is 56.0 Å². The van der Waals surface area contributed by atoms with E-state index >= 15 is 0 Å². The average Bonchev–Trinajstić information content (AvgIpc) is 3.55. The van der Waals surface area contributed by atoms with Gasteiger partial charge in [0.15, 0.2) is 11.4 Å². The molecule has 1 fully saturated rings. The van der Waals surface area contributed by atoms with Gasteiger partial charge in [-0.2, -0.15) is 0 Å². The molecule has 0 N–H and O–H groups in total. The molecule has 0 saturated carbocycles. The highest BCUT2D eigenvalue weighted by molar-refractivity contribution is 6.62. The van der Waals surface area contributed by atoms with Gasteiger partial charge < -0.3 is 9.31 Å². The van der Waals surface area contributed by atoms with Gasteiger partial charge in [-0.25, -0.2) is 29.6 Å². The van der Waals surface area contributed by atoms with Gasteiger partial charge in [-0.3, -0.25) is 0 Å². The summed E-state index contributed by atoms with van der Waals surface area (Å²) in [5, 5.41) is 0.741. The molecule has 1 aliphatic rings. The van der Waals surface area contributed by atoms with E-state index in [4.69, 9.17) is 57.3 Å². The van der Waals surface area contributed by atoms with E-state index in [2.05, 4.69) is 69.5 Å². The number of rotatable bonds is 6. The summed E-state index contributed by atoms with van der Waals surface area (Å²) in [6.07, 6.45) is 0. The summed E-state index contributed by atoms with van der Waals surface area (Å²) >= 11 is 17.6. The molecule has 9 rings (SSSR count). The maximum atomic E-state index is 7.04. The SMILES string of the molecule is Clc1cc(-c2ccccc2)nc(Cl)n1.[C-]#[N+]c1ccc(-c2ccc(-c3cc(-c4ccccc4)nc(Cl)n3)cc2)cc1.[C-]#[N+]c1ccc(-c2ccc(B3OC(C)(C)C(C)(C)O3)cc2)cc1. The Bertz CT molecular complexity index is 2890. The Morgan fingerprint density at radius 3 is 1.14 bits per heavy atom. The molecule has 0 unspecified atom stereocenters. The molecule has 0 radical (unpaired) electrons. The van der Waals surface area contributed by atoms with Gasteiger partial charge in [-0.05, 0) is 84.7 Å². The molecule has 2 aromatic heterocycles. The summed E-state index contributed by atoms with van der Waals surface area (Å²) in [6.45, 7) is 22.3. The van der Waals surface area contributed by atoms with Crippen LogP contribution in [0.25, 0.3) is 65.7 Å². The van der Waals surface area contributed by atoms with Crippen LogP contribution in [0.2, 0.25) is 15.7 Å². The van der Waals surface area contributed by atoms with Gasteiger partial charge in [-0.15, -0.1) is 0 Å². The van der Waals surface area contributed by atoms with Gasteiger partial charge in [0, 0.05) is 22.8 Å². The van der Waals surface area contributed by atoms with Crippen molar-refractivity contribution < 1.29 is 9.31 Å². The number of hydrogen-bond donors (Lipinski definition) is 0. The topological polar surface area (TPSA) is 78.7 Å². The van der Waals surface area contributed by atoms with Gasteiger partial charge >= 0.3 is 7.12 Å². The average molecular weight is 898 g/mol. The summed E-state index contributed by atoms with van der Waals surface area (Å²) in [6, 6.07) is 54.7. The molecule has 0 amide bonds. The third-order valence-corrected chi connectivity index (χ3v) is 11.3. The van der Waals surface area contributed by atoms with E-state index in [0.717, 1.165) is 61.5 Å². The zero-order chi connectivity index (χ0) is 45.3. The zero-order valence-corrected chi connectivity index (χ0v) is 37.6. The summed E-state index contributed by atoms with van der Waals surface area (Å²) in [5.41, 5.74) is 11.3. The van der Waals surface area contributed by atoms with E-state index in [-0.39, 0.29) is 28.9 Å². The van der Waals surface area contributed by atoms with Gasteiger partial charge in [0.05, 0.1) is 41.4 Å². The van der Waals surface area contributed by atoms with Crippen LogP contribution in [-0.4, -0.2) is 38.3 Å². The van der Waals surface area contributed by atoms with Crippen LogP contribution in [0.15, 0.2) is 170 Å². The number of benzene rings is 6. The van der Waals surface area contributed by atoms with E-state index < -0.39 is 0 Å². The Balaban J connectivity index is 0.000000151. The van der Waals surface area contributed by atoms with E-state index in [1.54, 1.807) is 6.07 Å². The maximum absolute atomic E-state index is 7.04. The van der Waals surface area contributed by atoms with Crippen molar-refractivity contribution in [1.82, 2.24) is 19.9 Å². The van der Waals surface area contributed by atoms with E-state index in [0.29, 0.717) is 16.5 Å². The van der Waals surface area contributed by atoms with Crippen LogP contribution in [0.3, 0.4) is 0 Å². The molecule has 3 heterocycles. The van der Waals surface area contributed by atoms with Crippen LogP contribution < -0.4 is 5.46 Å². The standard InChI is InChI=1S/C23H14ClN3.C19H20BNO2.C10H6Cl2N2/c1-25-20-13-11-17(12-14-20)16-7-9-19(10-8-16)22-15-21(26-23(24)27-22)18-5-3-2-4-6-18;1-18(2)19(3,4)23-20(22-18)16-10-6-14(7-11-16)15-8-12-17(21-5)13-9-15;11-9-6-8(13-10(12)14-9)7-4-2-1-3-5-7/h2-15H;6-13H,1-4H3;1-6H. The van der Waals surface area contributed by atoms with Crippen molar-refractivity contribution in [2.24, 2.45) is 0 Å². The smallest absolute Gasteiger partial charge is 0.399 e. The Morgan fingerprint density at radius 1 is 0.422 bits per heavy atom. The van der Waals surface area contributed by atoms with E-state index in [1.165, 1.54) is 0 Å². The molecule has 0 bridgehead atoms. The second-order valence-corrected chi connectivity index (χ2v) is 16.7. The Hall–Kier alpha value is -6.69. The number of halogens is 3. The zero-order valence-electron chi connectivity index (χ0n) is 35.4. The summed E-state index contributed by atoms with van der Waals surface area (Å²) in [4.78, 5) is 23.4. The van der Waals surface area contributed by atoms with Gasteiger partial charge in [-0.1, -0.05) is 169 Å². The quantitative estimate of drug-likeness (QED) is 0.0716. The predicted octanol–water partition coefficient (Wildman–Crippen LogP) is 14.3. The van der Waals surface area contributed by atoms with Crippen LogP contribution in [0.4, 0.5) is 11.4 Å². The van der Waals surface area contributed by atoms with Crippen LogP contribution in [0.1, 0.15) is 27.7 Å². The van der Waals surface area contributed by atoms with Crippen molar-refractivity contribution >= 4 is 58.8 Å². The first-order valence-corrected chi connectivity index (χ1v) is 21.3. The number of aromatic nitrogens is 4. The molecule has 12 heteroatoms. The molecule has 314 valence electrons. The lowest BCUT2D eigenvalue weighted by atomic mass is 9.78. The molecular weight excluding hydrogens is 858 g/mol. The fraction of sp³-hybridized carbons (Fsp3) is 0.115. The molecule has 6 aromatic carbocycles. The van der Waals surface area contributed by atoms with E-state index in [9.17, 15) is 0 Å². The van der Waals surface area contributed by atoms with Crippen LogP contribution >= 0.6 is 34.8 Å². The lowest BCUT2D eigenvalue weighted by molar-refractivity contribution is 0.00578. The lowest BCUT2D eigenvalue weighted by Crippen LogP contribution is -2.41. The molecule has 8 nitrogen and oxygen atoms in total. The molecule has 0 spiro atoms. The fourth-order valence-electron chi connectivity index (χ4n) is 6.57. The van der Waals surface area contributed by atoms with Crippen molar-refractivity contribution in [3.63, 3.8) is 0 Å². The largest absolute Gasteiger partial charge is 0.494 e. The Morgan fingerprint density at radius 2 is 0.750 bits per heavy atom. The highest BCUT2D eigenvalue weighted by Crippen LogP contribution is 2.37. The molecule has 0 aliphatic carbocycles. The summed E-state index contributed by atoms with van der Waals surface area (Å²) < 4.78 is 12.1. The molecule has 1 aliphatic heterocycles. The van der Waals surface area contributed by atoms with Gasteiger partial charge in [0.25, 0.3) is 0 Å². The molecule has 64 heavy (non-hydrogen) atoms. The third kappa shape index (κ3) is 11.3. The third-order valence-electron chi connectivity index (χ3n) is 10.8. The van der Waals surface area contributed by atoms with Crippen molar-refractivity contribution in [2.45, 2.75) is 38.9 Å². The Labute approximate surface area is 389 Å².